The summed E-state index contributed by atoms with van der Waals surface area (Å²) in [4.78, 5) is 28.4. The normalized spacial score (nSPS) is 30.4. The van der Waals surface area contributed by atoms with Crippen LogP contribution in [0.25, 0.3) is 0 Å². The van der Waals surface area contributed by atoms with Crippen molar-refractivity contribution in [1.82, 2.24) is 9.80 Å². The molecule has 3 aliphatic rings. The van der Waals surface area contributed by atoms with Crippen LogP contribution < -0.4 is 0 Å². The molecular weight excluding hydrogens is 332 g/mol. The fraction of sp³-hybridized carbons (Fsp3) is 0.647. The maximum Gasteiger partial charge on any atom is 0.313 e. The second-order valence-electron chi connectivity index (χ2n) is 7.38. The molecule has 1 aromatic heterocycles. The van der Waals surface area contributed by atoms with Gasteiger partial charge in [0.1, 0.15) is 11.2 Å². The minimum atomic E-state index is -0.851. The lowest BCUT2D eigenvalue weighted by Gasteiger charge is -2.31. The highest BCUT2D eigenvalue weighted by Crippen LogP contribution is 2.44. The van der Waals surface area contributed by atoms with Gasteiger partial charge in [-0.15, -0.1) is 0 Å². The quantitative estimate of drug-likeness (QED) is 0.898. The van der Waals surface area contributed by atoms with Gasteiger partial charge < -0.3 is 14.4 Å². The van der Waals surface area contributed by atoms with Crippen LogP contribution in [0.2, 0.25) is 5.22 Å². The van der Waals surface area contributed by atoms with Crippen molar-refractivity contribution in [1.29, 1.82) is 0 Å². The first-order valence-electron chi connectivity index (χ1n) is 8.47. The minimum absolute atomic E-state index is 0.0236. The standard InChI is InChI=1S/C17H21ClN2O4/c18-14-5-4-13(24-14)8-19-6-12-7-20(15(21)11-2-1-3-11)10-17(12,9-19)16(22)23/h4-5,11-12H,1-3,6-10H2,(H,22,23). The zero-order valence-electron chi connectivity index (χ0n) is 13.4. The van der Waals surface area contributed by atoms with E-state index < -0.39 is 11.4 Å². The number of amides is 1. The lowest BCUT2D eigenvalue weighted by Crippen LogP contribution is -2.44. The first kappa shape index (κ1) is 16.0. The highest BCUT2D eigenvalue weighted by molar-refractivity contribution is 6.28. The number of hydrogen-bond acceptors (Lipinski definition) is 4. The topological polar surface area (TPSA) is 74.0 Å². The minimum Gasteiger partial charge on any atom is -0.481 e. The Labute approximate surface area is 145 Å². The van der Waals surface area contributed by atoms with Gasteiger partial charge in [0, 0.05) is 38.0 Å². The van der Waals surface area contributed by atoms with Crippen molar-refractivity contribution in [3.8, 4) is 0 Å². The average Bonchev–Trinajstić information content (AvgIpc) is 3.09. The predicted octanol–water partition coefficient (Wildman–Crippen LogP) is 2.08. The van der Waals surface area contributed by atoms with Gasteiger partial charge in [0.2, 0.25) is 5.91 Å². The van der Waals surface area contributed by atoms with Gasteiger partial charge in [0.05, 0.1) is 6.54 Å². The maximum atomic E-state index is 12.5. The summed E-state index contributed by atoms with van der Waals surface area (Å²) in [6, 6.07) is 3.51. The van der Waals surface area contributed by atoms with Gasteiger partial charge in [-0.1, -0.05) is 6.42 Å². The van der Waals surface area contributed by atoms with Gasteiger partial charge >= 0.3 is 5.97 Å². The summed E-state index contributed by atoms with van der Waals surface area (Å²) in [5.41, 5.74) is -0.851. The van der Waals surface area contributed by atoms with Crippen molar-refractivity contribution < 1.29 is 19.1 Å². The lowest BCUT2D eigenvalue weighted by molar-refractivity contribution is -0.149. The fourth-order valence-electron chi connectivity index (χ4n) is 4.33. The first-order chi connectivity index (χ1) is 11.5. The zero-order chi connectivity index (χ0) is 16.9. The molecular formula is C17H21ClN2O4. The molecule has 2 saturated heterocycles. The number of carbonyl (C=O) groups is 2. The van der Waals surface area contributed by atoms with Crippen molar-refractivity contribution in [2.24, 2.45) is 17.3 Å². The first-order valence-corrected chi connectivity index (χ1v) is 8.84. The number of carboxylic acids is 1. The van der Waals surface area contributed by atoms with E-state index in [1.54, 1.807) is 11.0 Å². The van der Waals surface area contributed by atoms with E-state index in [0.29, 0.717) is 37.9 Å². The molecule has 24 heavy (non-hydrogen) atoms. The van der Waals surface area contributed by atoms with Crippen LogP contribution in [-0.4, -0.2) is 53.0 Å². The molecule has 3 fully saturated rings. The molecule has 0 radical (unpaired) electrons. The van der Waals surface area contributed by atoms with Gasteiger partial charge in [0.15, 0.2) is 5.22 Å². The van der Waals surface area contributed by atoms with Crippen LogP contribution in [0.3, 0.4) is 0 Å². The summed E-state index contributed by atoms with van der Waals surface area (Å²) in [5.74, 6) is 0.195. The van der Waals surface area contributed by atoms with Gasteiger partial charge in [-0.25, -0.2) is 0 Å². The van der Waals surface area contributed by atoms with Crippen LogP contribution in [0.4, 0.5) is 0 Å². The van der Waals surface area contributed by atoms with Crippen molar-refractivity contribution in [3.63, 3.8) is 0 Å². The Hall–Kier alpha value is -1.53. The molecule has 1 aromatic rings. The summed E-state index contributed by atoms with van der Waals surface area (Å²) in [5, 5.41) is 10.2. The van der Waals surface area contributed by atoms with Crippen molar-refractivity contribution in [2.45, 2.75) is 25.8 Å². The van der Waals surface area contributed by atoms with Crippen LogP contribution in [-0.2, 0) is 16.1 Å². The maximum absolute atomic E-state index is 12.5. The summed E-state index contributed by atoms with van der Waals surface area (Å²) < 4.78 is 5.39. The summed E-state index contributed by atoms with van der Waals surface area (Å²) in [7, 11) is 0. The van der Waals surface area contributed by atoms with Crippen LogP contribution in [0.15, 0.2) is 16.5 Å². The van der Waals surface area contributed by atoms with E-state index in [4.69, 9.17) is 16.0 Å². The molecule has 2 aliphatic heterocycles. The van der Waals surface area contributed by atoms with E-state index in [0.717, 1.165) is 25.0 Å². The molecule has 1 N–H and O–H groups in total. The van der Waals surface area contributed by atoms with Crippen molar-refractivity contribution in [2.75, 3.05) is 26.2 Å². The number of hydrogen-bond donors (Lipinski definition) is 1. The second-order valence-corrected chi connectivity index (χ2v) is 7.75. The Bertz CT molecular complexity index is 671. The number of likely N-dealkylation sites (tertiary alicyclic amines) is 2. The lowest BCUT2D eigenvalue weighted by atomic mass is 9.81. The van der Waals surface area contributed by atoms with E-state index in [2.05, 4.69) is 4.90 Å². The number of fused-ring (bicyclic) bond motifs is 1. The molecule has 0 spiro atoms. The van der Waals surface area contributed by atoms with Crippen molar-refractivity contribution in [3.05, 3.63) is 23.1 Å². The zero-order valence-corrected chi connectivity index (χ0v) is 14.2. The highest BCUT2D eigenvalue weighted by atomic mass is 35.5. The fourth-order valence-corrected chi connectivity index (χ4v) is 4.49. The molecule has 3 heterocycles. The Kier molecular flexibility index (Phi) is 3.84. The molecule has 1 saturated carbocycles. The van der Waals surface area contributed by atoms with Crippen LogP contribution >= 0.6 is 11.6 Å². The number of halogens is 1. The second kappa shape index (κ2) is 5.77. The van der Waals surface area contributed by atoms with E-state index in [1.165, 1.54) is 0 Å². The largest absolute Gasteiger partial charge is 0.481 e. The third-order valence-corrected chi connectivity index (χ3v) is 6.08. The van der Waals surface area contributed by atoms with Crippen LogP contribution in [0.1, 0.15) is 25.0 Å². The number of nitrogens with zero attached hydrogens (tertiary/aromatic N) is 2. The summed E-state index contributed by atoms with van der Waals surface area (Å²) >= 11 is 5.80. The smallest absolute Gasteiger partial charge is 0.313 e. The summed E-state index contributed by atoms with van der Waals surface area (Å²) in [6.07, 6.45) is 3.01. The van der Waals surface area contributed by atoms with E-state index in [-0.39, 0.29) is 17.7 Å². The van der Waals surface area contributed by atoms with E-state index >= 15 is 0 Å². The molecule has 0 bridgehead atoms. The van der Waals surface area contributed by atoms with Gasteiger partial charge in [-0.2, -0.15) is 0 Å². The molecule has 2 atom stereocenters. The van der Waals surface area contributed by atoms with Crippen LogP contribution in [0.5, 0.6) is 0 Å². The van der Waals surface area contributed by atoms with Crippen molar-refractivity contribution >= 4 is 23.5 Å². The Balaban J connectivity index is 1.46. The number of carbonyl (C=O) groups excluding carboxylic acids is 1. The molecule has 7 heteroatoms. The number of carboxylic acid groups (broad SMARTS) is 1. The molecule has 2 unspecified atom stereocenters. The van der Waals surface area contributed by atoms with E-state index in [1.807, 2.05) is 6.07 Å². The number of furan rings is 1. The highest BCUT2D eigenvalue weighted by Gasteiger charge is 2.58. The average molecular weight is 353 g/mol. The Morgan fingerprint density at radius 2 is 2.08 bits per heavy atom. The molecule has 130 valence electrons. The van der Waals surface area contributed by atoms with Gasteiger partial charge in [-0.05, 0) is 36.6 Å². The molecule has 0 aromatic carbocycles. The molecule has 4 rings (SSSR count). The predicted molar refractivity (Wildman–Crippen MR) is 86.5 cm³/mol. The third-order valence-electron chi connectivity index (χ3n) is 5.88. The molecule has 6 nitrogen and oxygen atoms in total. The Morgan fingerprint density at radius 3 is 2.62 bits per heavy atom. The van der Waals surface area contributed by atoms with Gasteiger partial charge in [-0.3, -0.25) is 14.5 Å². The van der Waals surface area contributed by atoms with Gasteiger partial charge in [0.25, 0.3) is 0 Å². The molecule has 1 amide bonds. The third kappa shape index (κ3) is 2.52. The SMILES string of the molecule is O=C(C1CCC1)N1CC2CN(Cc3ccc(Cl)o3)CC2(C(=O)O)C1. The Morgan fingerprint density at radius 1 is 1.29 bits per heavy atom. The number of rotatable bonds is 4. The monoisotopic (exact) mass is 352 g/mol. The summed E-state index contributed by atoms with van der Waals surface area (Å²) in [6.45, 7) is 2.54. The number of aliphatic carboxylic acids is 1. The molecule has 1 aliphatic carbocycles. The van der Waals surface area contributed by atoms with E-state index in [9.17, 15) is 14.7 Å². The van der Waals surface area contributed by atoms with Crippen LogP contribution in [0, 0.1) is 17.3 Å².